The lowest BCUT2D eigenvalue weighted by molar-refractivity contribution is -0.0624. The van der Waals surface area contributed by atoms with Crippen LogP contribution >= 0.6 is 22.6 Å². The Bertz CT molecular complexity index is 286. The Balaban J connectivity index is 2.79. The van der Waals surface area contributed by atoms with Gasteiger partial charge in [0, 0.05) is 4.43 Å². The molecule has 0 aromatic heterocycles. The van der Waals surface area contributed by atoms with Gasteiger partial charge < -0.3 is 9.47 Å². The quantitative estimate of drug-likeness (QED) is 0.564. The van der Waals surface area contributed by atoms with Crippen molar-refractivity contribution in [2.75, 3.05) is 11.0 Å². The zero-order valence-electron chi connectivity index (χ0n) is 11.2. The van der Waals surface area contributed by atoms with E-state index in [2.05, 4.69) is 22.6 Å². The lowest BCUT2D eigenvalue weighted by Gasteiger charge is -2.35. The summed E-state index contributed by atoms with van der Waals surface area (Å²) < 4.78 is 12.1. The molecule has 0 aromatic carbocycles. The molecule has 0 saturated carbocycles. The molecule has 0 aromatic rings. The van der Waals surface area contributed by atoms with Gasteiger partial charge >= 0.3 is 6.09 Å². The molecule has 1 fully saturated rings. The highest BCUT2D eigenvalue weighted by Crippen LogP contribution is 2.30. The van der Waals surface area contributed by atoms with Crippen molar-refractivity contribution in [3.05, 3.63) is 0 Å². The first-order chi connectivity index (χ1) is 7.67. The minimum atomic E-state index is -0.571. The van der Waals surface area contributed by atoms with E-state index in [0.717, 1.165) is 10.8 Å². The molecule has 0 N–H and O–H groups in total. The highest BCUT2D eigenvalue weighted by molar-refractivity contribution is 14.1. The predicted molar refractivity (Wildman–Crippen MR) is 75.4 cm³/mol. The fraction of sp³-hybridized carbons (Fsp3) is 0.917. The standard InChI is InChI=1S/C12H22INO3/c1-11(2,3)17-10(15)14-9(6-7-13)8-16-12(14,4)5/h9H,6-8H2,1-5H3/t9-/m0/s1. The van der Waals surface area contributed by atoms with Crippen molar-refractivity contribution in [1.82, 2.24) is 4.90 Å². The molecule has 0 spiro atoms. The summed E-state index contributed by atoms with van der Waals surface area (Å²) in [5, 5.41) is 0. The molecular weight excluding hydrogens is 333 g/mol. The van der Waals surface area contributed by atoms with Gasteiger partial charge in [-0.15, -0.1) is 0 Å². The van der Waals surface area contributed by atoms with E-state index in [1.807, 2.05) is 34.6 Å². The van der Waals surface area contributed by atoms with E-state index in [1.165, 1.54) is 0 Å². The third kappa shape index (κ3) is 3.98. The van der Waals surface area contributed by atoms with Crippen LogP contribution in [0.4, 0.5) is 4.79 Å². The number of carbonyl (C=O) groups excluding carboxylic acids is 1. The number of alkyl halides is 1. The summed E-state index contributed by atoms with van der Waals surface area (Å²) in [7, 11) is 0. The SMILES string of the molecule is CC(C)(C)OC(=O)N1[C@@H](CCI)COC1(C)C. The summed E-state index contributed by atoms with van der Waals surface area (Å²) in [5.74, 6) is 0. The van der Waals surface area contributed by atoms with Crippen molar-refractivity contribution in [3.63, 3.8) is 0 Å². The second-order valence-electron chi connectivity index (χ2n) is 5.74. The van der Waals surface area contributed by atoms with Gasteiger partial charge in [0.25, 0.3) is 0 Å². The topological polar surface area (TPSA) is 38.8 Å². The third-order valence-corrected chi connectivity index (χ3v) is 3.23. The van der Waals surface area contributed by atoms with Crippen LogP contribution in [0.5, 0.6) is 0 Å². The molecule has 0 unspecified atom stereocenters. The number of carbonyl (C=O) groups is 1. The molecule has 4 nitrogen and oxygen atoms in total. The van der Waals surface area contributed by atoms with E-state index < -0.39 is 11.3 Å². The van der Waals surface area contributed by atoms with Crippen LogP contribution in [0.2, 0.25) is 0 Å². The molecule has 1 atom stereocenters. The Morgan fingerprint density at radius 2 is 2.12 bits per heavy atom. The Hall–Kier alpha value is -0.0400. The summed E-state index contributed by atoms with van der Waals surface area (Å²) in [6.07, 6.45) is 0.651. The molecule has 0 aliphatic carbocycles. The van der Waals surface area contributed by atoms with Crippen molar-refractivity contribution >= 4 is 28.7 Å². The normalized spacial score (nSPS) is 23.9. The fourth-order valence-electron chi connectivity index (χ4n) is 1.90. The smallest absolute Gasteiger partial charge is 0.412 e. The molecule has 1 amide bonds. The van der Waals surface area contributed by atoms with Gasteiger partial charge in [-0.1, -0.05) is 22.6 Å². The van der Waals surface area contributed by atoms with Crippen LogP contribution in [0.15, 0.2) is 0 Å². The molecule has 0 radical (unpaired) electrons. The lowest BCUT2D eigenvalue weighted by atomic mass is 10.1. The van der Waals surface area contributed by atoms with E-state index >= 15 is 0 Å². The van der Waals surface area contributed by atoms with Gasteiger partial charge in [-0.05, 0) is 41.0 Å². The van der Waals surface area contributed by atoms with Crippen LogP contribution in [-0.4, -0.2) is 39.4 Å². The number of ether oxygens (including phenoxy) is 2. The van der Waals surface area contributed by atoms with Crippen molar-refractivity contribution in [2.24, 2.45) is 0 Å². The summed E-state index contributed by atoms with van der Waals surface area (Å²) >= 11 is 2.32. The van der Waals surface area contributed by atoms with Crippen LogP contribution in [-0.2, 0) is 9.47 Å². The van der Waals surface area contributed by atoms with Crippen molar-refractivity contribution in [1.29, 1.82) is 0 Å². The number of halogens is 1. The van der Waals surface area contributed by atoms with Gasteiger partial charge in [0.2, 0.25) is 0 Å². The van der Waals surface area contributed by atoms with Crippen molar-refractivity contribution in [3.8, 4) is 0 Å². The molecule has 0 bridgehead atoms. The number of rotatable bonds is 2. The molecule has 1 aliphatic heterocycles. The number of hydrogen-bond donors (Lipinski definition) is 0. The van der Waals surface area contributed by atoms with Crippen molar-refractivity contribution < 1.29 is 14.3 Å². The monoisotopic (exact) mass is 355 g/mol. The largest absolute Gasteiger partial charge is 0.444 e. The van der Waals surface area contributed by atoms with E-state index in [1.54, 1.807) is 4.90 Å². The highest BCUT2D eigenvalue weighted by atomic mass is 127. The van der Waals surface area contributed by atoms with E-state index in [9.17, 15) is 4.79 Å². The van der Waals surface area contributed by atoms with Crippen LogP contribution < -0.4 is 0 Å². The molecule has 100 valence electrons. The maximum Gasteiger partial charge on any atom is 0.412 e. The second kappa shape index (κ2) is 5.30. The number of amides is 1. The lowest BCUT2D eigenvalue weighted by Crippen LogP contribution is -2.49. The summed E-state index contributed by atoms with van der Waals surface area (Å²) in [5.41, 5.74) is -1.04. The Kier molecular flexibility index (Phi) is 4.68. The zero-order chi connectivity index (χ0) is 13.3. The Labute approximate surface area is 117 Å². The number of hydrogen-bond acceptors (Lipinski definition) is 3. The minimum Gasteiger partial charge on any atom is -0.444 e. The van der Waals surface area contributed by atoms with Crippen LogP contribution in [0.3, 0.4) is 0 Å². The molecule has 5 heteroatoms. The van der Waals surface area contributed by atoms with Gasteiger partial charge in [0.15, 0.2) is 0 Å². The molecule has 1 aliphatic rings. The van der Waals surface area contributed by atoms with Gasteiger partial charge in [-0.2, -0.15) is 0 Å². The minimum absolute atomic E-state index is 0.122. The van der Waals surface area contributed by atoms with Gasteiger partial charge in [-0.3, -0.25) is 4.90 Å². The first kappa shape index (κ1) is 15.0. The molecular formula is C12H22INO3. The van der Waals surface area contributed by atoms with Gasteiger partial charge in [0.1, 0.15) is 11.3 Å². The van der Waals surface area contributed by atoms with E-state index in [4.69, 9.17) is 9.47 Å². The Morgan fingerprint density at radius 1 is 1.53 bits per heavy atom. The maximum absolute atomic E-state index is 12.2. The highest BCUT2D eigenvalue weighted by Gasteiger charge is 2.45. The zero-order valence-corrected chi connectivity index (χ0v) is 13.4. The van der Waals surface area contributed by atoms with E-state index in [0.29, 0.717) is 6.61 Å². The van der Waals surface area contributed by atoms with Crippen LogP contribution in [0, 0.1) is 0 Å². The third-order valence-electron chi connectivity index (χ3n) is 2.61. The Morgan fingerprint density at radius 3 is 2.59 bits per heavy atom. The first-order valence-corrected chi connectivity index (χ1v) is 7.42. The van der Waals surface area contributed by atoms with E-state index in [-0.39, 0.29) is 12.1 Å². The second-order valence-corrected chi connectivity index (χ2v) is 6.82. The molecule has 1 saturated heterocycles. The van der Waals surface area contributed by atoms with Gasteiger partial charge in [-0.25, -0.2) is 4.79 Å². The predicted octanol–water partition coefficient (Wildman–Crippen LogP) is 3.18. The average Bonchev–Trinajstić information content (AvgIpc) is 2.39. The summed E-state index contributed by atoms with van der Waals surface area (Å²) in [6.45, 7) is 10.0. The van der Waals surface area contributed by atoms with Gasteiger partial charge in [0.05, 0.1) is 12.6 Å². The maximum atomic E-state index is 12.2. The van der Waals surface area contributed by atoms with Crippen molar-refractivity contribution in [2.45, 2.75) is 58.4 Å². The molecule has 17 heavy (non-hydrogen) atoms. The summed E-state index contributed by atoms with van der Waals surface area (Å²) in [4.78, 5) is 13.9. The van der Waals surface area contributed by atoms with Crippen LogP contribution in [0.25, 0.3) is 0 Å². The fourth-order valence-corrected chi connectivity index (χ4v) is 2.62. The molecule has 1 heterocycles. The summed E-state index contributed by atoms with van der Waals surface area (Å²) in [6, 6.07) is 0.122. The average molecular weight is 355 g/mol. The first-order valence-electron chi connectivity index (χ1n) is 5.89. The molecule has 1 rings (SSSR count). The van der Waals surface area contributed by atoms with Crippen LogP contribution in [0.1, 0.15) is 41.0 Å². The number of nitrogens with zero attached hydrogens (tertiary/aromatic N) is 1.